The van der Waals surface area contributed by atoms with E-state index >= 15 is 0 Å². The minimum Gasteiger partial charge on any atom is -0.478 e. The minimum absolute atomic E-state index is 0.0324. The first-order chi connectivity index (χ1) is 9.13. The van der Waals surface area contributed by atoms with Crippen molar-refractivity contribution in [2.24, 2.45) is 0 Å². The Morgan fingerprint density at radius 1 is 1.32 bits per heavy atom. The van der Waals surface area contributed by atoms with Gasteiger partial charge >= 0.3 is 12.0 Å². The zero-order valence-electron chi connectivity index (χ0n) is 10.8. The molecule has 7 nitrogen and oxygen atoms in total. The highest BCUT2D eigenvalue weighted by Crippen LogP contribution is 2.07. The zero-order chi connectivity index (χ0) is 14.1. The molecule has 0 atom stereocenters. The Morgan fingerprint density at radius 3 is 2.79 bits per heavy atom. The van der Waals surface area contributed by atoms with Gasteiger partial charge in [0, 0.05) is 12.7 Å². The molecule has 0 aliphatic carbocycles. The van der Waals surface area contributed by atoms with Crippen LogP contribution >= 0.6 is 0 Å². The first-order valence-electron chi connectivity index (χ1n) is 6.07. The van der Waals surface area contributed by atoms with Crippen molar-refractivity contribution in [3.8, 4) is 0 Å². The number of carbonyl (C=O) groups excluding carboxylic acids is 1. The zero-order valence-corrected chi connectivity index (χ0v) is 10.8. The second-order valence-electron chi connectivity index (χ2n) is 3.86. The molecule has 0 saturated carbocycles. The third-order valence-electron chi connectivity index (χ3n) is 2.31. The number of aromatic carboxylic acids is 1. The van der Waals surface area contributed by atoms with Gasteiger partial charge in [0.1, 0.15) is 0 Å². The molecule has 0 spiro atoms. The van der Waals surface area contributed by atoms with Gasteiger partial charge in [-0.2, -0.15) is 0 Å². The number of urea groups is 1. The normalized spacial score (nSPS) is 9.95. The molecule has 0 radical (unpaired) electrons. The second-order valence-corrected chi connectivity index (χ2v) is 3.86. The van der Waals surface area contributed by atoms with Crippen molar-refractivity contribution < 1.29 is 14.7 Å². The summed E-state index contributed by atoms with van der Waals surface area (Å²) < 4.78 is 0. The van der Waals surface area contributed by atoms with Gasteiger partial charge in [-0.15, -0.1) is 0 Å². The van der Waals surface area contributed by atoms with Crippen molar-refractivity contribution in [3.63, 3.8) is 0 Å². The largest absolute Gasteiger partial charge is 0.478 e. The fraction of sp³-hybridized carbons (Fsp3) is 0.417. The van der Waals surface area contributed by atoms with Crippen molar-refractivity contribution in [2.45, 2.75) is 13.3 Å². The van der Waals surface area contributed by atoms with Gasteiger partial charge in [-0.25, -0.2) is 9.59 Å². The second kappa shape index (κ2) is 8.04. The van der Waals surface area contributed by atoms with Gasteiger partial charge in [0.05, 0.1) is 17.4 Å². The van der Waals surface area contributed by atoms with Gasteiger partial charge in [-0.05, 0) is 25.6 Å². The summed E-state index contributed by atoms with van der Waals surface area (Å²) in [6.07, 6.45) is 3.45. The van der Waals surface area contributed by atoms with Crippen molar-refractivity contribution in [3.05, 3.63) is 24.0 Å². The van der Waals surface area contributed by atoms with Gasteiger partial charge < -0.3 is 21.1 Å². The number of carboxylic acid groups (broad SMARTS) is 1. The number of nitrogens with zero attached hydrogens (tertiary/aromatic N) is 1. The summed E-state index contributed by atoms with van der Waals surface area (Å²) in [5, 5.41) is 17.1. The molecule has 2 amide bonds. The molecule has 1 aromatic rings. The van der Waals surface area contributed by atoms with Crippen molar-refractivity contribution in [1.82, 2.24) is 15.6 Å². The lowest BCUT2D eigenvalue weighted by molar-refractivity contribution is 0.0696. The van der Waals surface area contributed by atoms with Crippen molar-refractivity contribution in [1.29, 1.82) is 0 Å². The smallest absolute Gasteiger partial charge is 0.337 e. The molecule has 0 aromatic carbocycles. The Kier molecular flexibility index (Phi) is 6.31. The van der Waals surface area contributed by atoms with E-state index < -0.39 is 5.97 Å². The van der Waals surface area contributed by atoms with Crippen LogP contribution in [-0.2, 0) is 0 Å². The van der Waals surface area contributed by atoms with Gasteiger partial charge in [0.2, 0.25) is 0 Å². The van der Waals surface area contributed by atoms with E-state index in [-0.39, 0.29) is 11.6 Å². The Morgan fingerprint density at radius 2 is 2.11 bits per heavy atom. The number of nitrogens with one attached hydrogen (secondary N) is 3. The third kappa shape index (κ3) is 5.82. The van der Waals surface area contributed by atoms with Crippen LogP contribution in [-0.4, -0.2) is 41.7 Å². The molecule has 1 rings (SSSR count). The molecule has 4 N–H and O–H groups in total. The predicted octanol–water partition coefficient (Wildman–Crippen LogP) is 0.901. The maximum atomic E-state index is 11.5. The lowest BCUT2D eigenvalue weighted by Gasteiger charge is -2.07. The highest BCUT2D eigenvalue weighted by molar-refractivity contribution is 5.92. The van der Waals surface area contributed by atoms with E-state index in [1.54, 1.807) is 0 Å². The standard InChI is InChI=1S/C12H18N4O3/c1-2-13-4-3-5-15-12(19)16-10-6-9(11(17)18)7-14-8-10/h6-8,13H,2-5H2,1H3,(H,17,18)(H2,15,16,19). The van der Waals surface area contributed by atoms with Crippen LogP contribution in [0.25, 0.3) is 0 Å². The molecule has 0 saturated heterocycles. The highest BCUT2D eigenvalue weighted by Gasteiger charge is 2.06. The molecule has 7 heteroatoms. The lowest BCUT2D eigenvalue weighted by atomic mass is 10.3. The molecule has 0 bridgehead atoms. The molecule has 1 aromatic heterocycles. The van der Waals surface area contributed by atoms with Crippen LogP contribution in [0.4, 0.5) is 10.5 Å². The van der Waals surface area contributed by atoms with E-state index in [4.69, 9.17) is 5.11 Å². The Bertz CT molecular complexity index is 437. The fourth-order valence-electron chi connectivity index (χ4n) is 1.39. The predicted molar refractivity (Wildman–Crippen MR) is 71.4 cm³/mol. The number of rotatable bonds is 7. The van der Waals surface area contributed by atoms with E-state index in [2.05, 4.69) is 20.9 Å². The highest BCUT2D eigenvalue weighted by atomic mass is 16.4. The maximum Gasteiger partial charge on any atom is 0.337 e. The summed E-state index contributed by atoms with van der Waals surface area (Å²) in [5.41, 5.74) is 0.383. The van der Waals surface area contributed by atoms with Crippen LogP contribution in [0.15, 0.2) is 18.5 Å². The summed E-state index contributed by atoms with van der Waals surface area (Å²) in [4.78, 5) is 26.0. The van der Waals surface area contributed by atoms with Crippen LogP contribution in [0.3, 0.4) is 0 Å². The molecular weight excluding hydrogens is 248 g/mol. The summed E-state index contributed by atoms with van der Waals surface area (Å²) in [6.45, 7) is 4.31. The van der Waals surface area contributed by atoms with Crippen LogP contribution in [0, 0.1) is 0 Å². The van der Waals surface area contributed by atoms with E-state index in [9.17, 15) is 9.59 Å². The lowest BCUT2D eigenvalue weighted by Crippen LogP contribution is -2.31. The molecule has 0 fully saturated rings. The first kappa shape index (κ1) is 14.9. The van der Waals surface area contributed by atoms with Crippen LogP contribution in [0.1, 0.15) is 23.7 Å². The quantitative estimate of drug-likeness (QED) is 0.549. The average molecular weight is 266 g/mol. The van der Waals surface area contributed by atoms with Crippen molar-refractivity contribution >= 4 is 17.7 Å². The number of hydrogen-bond donors (Lipinski definition) is 4. The van der Waals surface area contributed by atoms with E-state index in [0.717, 1.165) is 19.5 Å². The average Bonchev–Trinajstić information content (AvgIpc) is 2.38. The summed E-state index contributed by atoms with van der Waals surface area (Å²) in [5.74, 6) is -1.08. The van der Waals surface area contributed by atoms with E-state index in [1.165, 1.54) is 18.5 Å². The minimum atomic E-state index is -1.08. The third-order valence-corrected chi connectivity index (χ3v) is 2.31. The number of amides is 2. The number of anilines is 1. The van der Waals surface area contributed by atoms with E-state index in [1.807, 2.05) is 6.92 Å². The number of carboxylic acids is 1. The van der Waals surface area contributed by atoms with E-state index in [0.29, 0.717) is 12.2 Å². The van der Waals surface area contributed by atoms with Crippen LogP contribution in [0.5, 0.6) is 0 Å². The molecule has 0 aliphatic heterocycles. The summed E-state index contributed by atoms with van der Waals surface area (Å²) in [7, 11) is 0. The van der Waals surface area contributed by atoms with Crippen molar-refractivity contribution in [2.75, 3.05) is 25.0 Å². The van der Waals surface area contributed by atoms with Gasteiger partial charge in [0.15, 0.2) is 0 Å². The summed E-state index contributed by atoms with van der Waals surface area (Å²) >= 11 is 0. The molecule has 0 aliphatic rings. The Hall–Kier alpha value is -2.15. The van der Waals surface area contributed by atoms with Gasteiger partial charge in [-0.3, -0.25) is 4.98 Å². The van der Waals surface area contributed by atoms with Gasteiger partial charge in [-0.1, -0.05) is 6.92 Å². The maximum absolute atomic E-state index is 11.5. The topological polar surface area (TPSA) is 103 Å². The first-order valence-corrected chi connectivity index (χ1v) is 6.07. The molecule has 104 valence electrons. The van der Waals surface area contributed by atoms with Gasteiger partial charge in [0.25, 0.3) is 0 Å². The Balaban J connectivity index is 2.35. The summed E-state index contributed by atoms with van der Waals surface area (Å²) in [6, 6.07) is 0.980. The Labute approximate surface area is 111 Å². The monoisotopic (exact) mass is 266 g/mol. The van der Waals surface area contributed by atoms with Crippen LogP contribution < -0.4 is 16.0 Å². The number of hydrogen-bond acceptors (Lipinski definition) is 4. The van der Waals surface area contributed by atoms with Crippen LogP contribution in [0.2, 0.25) is 0 Å². The number of aromatic nitrogens is 1. The molecule has 1 heterocycles. The fourth-order valence-corrected chi connectivity index (χ4v) is 1.39. The molecular formula is C12H18N4O3. The SMILES string of the molecule is CCNCCCNC(=O)Nc1cncc(C(=O)O)c1. The number of carbonyl (C=O) groups is 2. The molecule has 0 unspecified atom stereocenters. The molecule has 19 heavy (non-hydrogen) atoms. The number of pyridine rings is 1.